The normalized spacial score (nSPS) is 13.8. The molecule has 1 heterocycles. The van der Waals surface area contributed by atoms with Crippen molar-refractivity contribution in [1.29, 1.82) is 0 Å². The fraction of sp³-hybridized carbons (Fsp3) is 0.375. The molecule has 0 saturated heterocycles. The summed E-state index contributed by atoms with van der Waals surface area (Å²) < 4.78 is 54.4. The van der Waals surface area contributed by atoms with Crippen molar-refractivity contribution in [2.24, 2.45) is 5.73 Å². The van der Waals surface area contributed by atoms with E-state index in [4.69, 9.17) is 5.73 Å². The molecule has 0 spiro atoms. The zero-order valence-electron chi connectivity index (χ0n) is 13.2. The van der Waals surface area contributed by atoms with Crippen LogP contribution < -0.4 is 11.1 Å². The third kappa shape index (κ3) is 3.37. The van der Waals surface area contributed by atoms with Crippen molar-refractivity contribution in [3.05, 3.63) is 46.8 Å². The number of hydrogen-bond donors (Lipinski definition) is 2. The van der Waals surface area contributed by atoms with E-state index in [1.165, 1.54) is 10.7 Å². The molecule has 3 rings (SSSR count). The zero-order valence-corrected chi connectivity index (χ0v) is 13.2. The minimum absolute atomic E-state index is 0.0186. The molecular formula is C16H16F4N4O. The number of nitrogens with one attached hydrogen (secondary N) is 1. The maximum atomic E-state index is 13.5. The standard InChI is InChI=1S/C16H16F4N4O/c17-11-5-4-9(6-12(11)18)24-13-3-1-2-10(13)14(23-24)15(25)22-8-16(19,20)7-21/h4-6H,1-3,7-8,21H2,(H,22,25). The fourth-order valence-corrected chi connectivity index (χ4v) is 2.82. The molecule has 9 heteroatoms. The van der Waals surface area contributed by atoms with E-state index in [9.17, 15) is 22.4 Å². The predicted molar refractivity (Wildman–Crippen MR) is 81.8 cm³/mol. The predicted octanol–water partition coefficient (Wildman–Crippen LogP) is 1.96. The fourth-order valence-electron chi connectivity index (χ4n) is 2.82. The van der Waals surface area contributed by atoms with Crippen LogP contribution in [0.15, 0.2) is 18.2 Å². The van der Waals surface area contributed by atoms with Crippen LogP contribution in [0, 0.1) is 11.6 Å². The van der Waals surface area contributed by atoms with Crippen LogP contribution in [0.25, 0.3) is 5.69 Å². The van der Waals surface area contributed by atoms with Crippen molar-refractivity contribution < 1.29 is 22.4 Å². The molecule has 0 saturated carbocycles. The van der Waals surface area contributed by atoms with E-state index in [0.717, 1.165) is 18.6 Å². The summed E-state index contributed by atoms with van der Waals surface area (Å²) in [5.41, 5.74) is 6.56. The van der Waals surface area contributed by atoms with Gasteiger partial charge in [-0.15, -0.1) is 0 Å². The lowest BCUT2D eigenvalue weighted by molar-refractivity contribution is 0.0118. The molecule has 25 heavy (non-hydrogen) atoms. The SMILES string of the molecule is NCC(F)(F)CNC(=O)c1nn(-c2ccc(F)c(F)c2)c2c1CCC2. The molecule has 2 aromatic rings. The van der Waals surface area contributed by atoms with Crippen LogP contribution in [0.3, 0.4) is 0 Å². The van der Waals surface area contributed by atoms with Gasteiger partial charge in [0.25, 0.3) is 11.8 Å². The van der Waals surface area contributed by atoms with Gasteiger partial charge in [0, 0.05) is 17.3 Å². The Morgan fingerprint density at radius 2 is 2.04 bits per heavy atom. The zero-order chi connectivity index (χ0) is 18.2. The van der Waals surface area contributed by atoms with E-state index < -0.39 is 36.6 Å². The summed E-state index contributed by atoms with van der Waals surface area (Å²) in [5.74, 6) is -5.97. The van der Waals surface area contributed by atoms with Gasteiger partial charge in [0.2, 0.25) is 0 Å². The molecule has 134 valence electrons. The van der Waals surface area contributed by atoms with Crippen molar-refractivity contribution in [2.45, 2.75) is 25.2 Å². The number of alkyl halides is 2. The van der Waals surface area contributed by atoms with Gasteiger partial charge in [0.1, 0.15) is 0 Å². The van der Waals surface area contributed by atoms with Gasteiger partial charge >= 0.3 is 0 Å². The number of amides is 1. The number of aromatic nitrogens is 2. The average molecular weight is 356 g/mol. The van der Waals surface area contributed by atoms with E-state index in [1.807, 2.05) is 0 Å². The molecule has 3 N–H and O–H groups in total. The number of nitrogens with zero attached hydrogens (tertiary/aromatic N) is 2. The molecular weight excluding hydrogens is 340 g/mol. The first kappa shape index (κ1) is 17.4. The Labute approximate surface area is 140 Å². The smallest absolute Gasteiger partial charge is 0.277 e. The van der Waals surface area contributed by atoms with E-state index in [0.29, 0.717) is 24.1 Å². The molecule has 1 aliphatic carbocycles. The first-order valence-electron chi connectivity index (χ1n) is 7.74. The summed E-state index contributed by atoms with van der Waals surface area (Å²) in [6.07, 6.45) is 1.93. The first-order valence-corrected chi connectivity index (χ1v) is 7.74. The third-order valence-corrected chi connectivity index (χ3v) is 4.10. The summed E-state index contributed by atoms with van der Waals surface area (Å²) in [5, 5.41) is 6.26. The van der Waals surface area contributed by atoms with Gasteiger partial charge in [-0.3, -0.25) is 4.79 Å². The molecule has 0 bridgehead atoms. The number of fused-ring (bicyclic) bond motifs is 1. The molecule has 0 fully saturated rings. The number of carbonyl (C=O) groups is 1. The number of hydrogen-bond acceptors (Lipinski definition) is 3. The molecule has 1 aliphatic rings. The van der Waals surface area contributed by atoms with Crippen LogP contribution in [0.1, 0.15) is 28.2 Å². The summed E-state index contributed by atoms with van der Waals surface area (Å²) in [4.78, 5) is 12.2. The molecule has 1 aromatic carbocycles. The highest BCUT2D eigenvalue weighted by molar-refractivity contribution is 5.94. The quantitative estimate of drug-likeness (QED) is 0.805. The second-order valence-electron chi connectivity index (χ2n) is 5.88. The highest BCUT2D eigenvalue weighted by Crippen LogP contribution is 2.28. The number of benzene rings is 1. The maximum Gasteiger partial charge on any atom is 0.277 e. The van der Waals surface area contributed by atoms with Crippen molar-refractivity contribution in [1.82, 2.24) is 15.1 Å². The summed E-state index contributed by atoms with van der Waals surface area (Å²) >= 11 is 0. The lowest BCUT2D eigenvalue weighted by Crippen LogP contribution is -2.41. The van der Waals surface area contributed by atoms with Crippen LogP contribution in [-0.2, 0) is 12.8 Å². The Morgan fingerprint density at radius 1 is 1.28 bits per heavy atom. The number of nitrogens with two attached hydrogens (primary N) is 1. The molecule has 0 atom stereocenters. The Kier molecular flexibility index (Phi) is 4.51. The minimum atomic E-state index is -3.21. The lowest BCUT2D eigenvalue weighted by atomic mass is 10.2. The minimum Gasteiger partial charge on any atom is -0.345 e. The third-order valence-electron chi connectivity index (χ3n) is 4.10. The van der Waals surface area contributed by atoms with Gasteiger partial charge in [0.15, 0.2) is 17.3 Å². The summed E-state index contributed by atoms with van der Waals surface area (Å²) in [7, 11) is 0. The Morgan fingerprint density at radius 3 is 2.72 bits per heavy atom. The van der Waals surface area contributed by atoms with Crippen LogP contribution in [0.4, 0.5) is 17.6 Å². The lowest BCUT2D eigenvalue weighted by Gasteiger charge is -2.14. The van der Waals surface area contributed by atoms with Crippen molar-refractivity contribution in [3.63, 3.8) is 0 Å². The molecule has 1 amide bonds. The van der Waals surface area contributed by atoms with Gasteiger partial charge in [-0.05, 0) is 31.4 Å². The van der Waals surface area contributed by atoms with Gasteiger partial charge in [-0.1, -0.05) is 0 Å². The molecule has 0 aliphatic heterocycles. The van der Waals surface area contributed by atoms with E-state index in [2.05, 4.69) is 10.4 Å². The first-order chi connectivity index (χ1) is 11.8. The van der Waals surface area contributed by atoms with E-state index >= 15 is 0 Å². The maximum absolute atomic E-state index is 13.5. The van der Waals surface area contributed by atoms with Crippen molar-refractivity contribution in [3.8, 4) is 5.69 Å². The van der Waals surface area contributed by atoms with Gasteiger partial charge < -0.3 is 11.1 Å². The van der Waals surface area contributed by atoms with Crippen molar-refractivity contribution >= 4 is 5.91 Å². The van der Waals surface area contributed by atoms with Crippen molar-refractivity contribution in [2.75, 3.05) is 13.1 Å². The highest BCUT2D eigenvalue weighted by Gasteiger charge is 2.31. The van der Waals surface area contributed by atoms with E-state index in [-0.39, 0.29) is 11.4 Å². The second-order valence-corrected chi connectivity index (χ2v) is 5.88. The summed E-state index contributed by atoms with van der Waals surface area (Å²) in [6, 6.07) is 3.29. The van der Waals surface area contributed by atoms with Crippen LogP contribution in [0.5, 0.6) is 0 Å². The van der Waals surface area contributed by atoms with Crippen LogP contribution >= 0.6 is 0 Å². The average Bonchev–Trinajstić information content (AvgIpc) is 3.18. The topological polar surface area (TPSA) is 72.9 Å². The Hall–Kier alpha value is -2.42. The van der Waals surface area contributed by atoms with Crippen LogP contribution in [-0.4, -0.2) is 34.7 Å². The van der Waals surface area contributed by atoms with Gasteiger partial charge in [-0.25, -0.2) is 22.2 Å². The second kappa shape index (κ2) is 6.47. The molecule has 0 radical (unpaired) electrons. The number of halogens is 4. The highest BCUT2D eigenvalue weighted by atomic mass is 19.3. The van der Waals surface area contributed by atoms with E-state index in [1.54, 1.807) is 0 Å². The summed E-state index contributed by atoms with van der Waals surface area (Å²) in [6.45, 7) is -1.77. The van der Waals surface area contributed by atoms with Crippen LogP contribution in [0.2, 0.25) is 0 Å². The Bertz CT molecular complexity index is 819. The molecule has 5 nitrogen and oxygen atoms in total. The number of rotatable bonds is 5. The van der Waals surface area contributed by atoms with Gasteiger partial charge in [0.05, 0.1) is 18.8 Å². The molecule has 1 aromatic heterocycles. The number of carbonyl (C=O) groups excluding carboxylic acids is 1. The Balaban J connectivity index is 1.92. The molecule has 0 unspecified atom stereocenters. The largest absolute Gasteiger partial charge is 0.345 e. The monoisotopic (exact) mass is 356 g/mol. The van der Waals surface area contributed by atoms with Gasteiger partial charge in [-0.2, -0.15) is 5.10 Å².